The highest BCUT2D eigenvalue weighted by atomic mass is 32.2. The Morgan fingerprint density at radius 3 is 2.53 bits per heavy atom. The van der Waals surface area contributed by atoms with Gasteiger partial charge in [-0.15, -0.1) is 0 Å². The van der Waals surface area contributed by atoms with Crippen LogP contribution in [0.3, 0.4) is 0 Å². The van der Waals surface area contributed by atoms with Gasteiger partial charge in [0.2, 0.25) is 0 Å². The van der Waals surface area contributed by atoms with Crippen LogP contribution in [0.15, 0.2) is 24.3 Å². The Morgan fingerprint density at radius 2 is 2.00 bits per heavy atom. The first-order valence-corrected chi connectivity index (χ1v) is 7.95. The zero-order chi connectivity index (χ0) is 13.9. The molecule has 1 atom stereocenters. The fourth-order valence-electron chi connectivity index (χ4n) is 2.16. The highest BCUT2D eigenvalue weighted by Gasteiger charge is 2.26. The molecule has 1 N–H and O–H groups in total. The summed E-state index contributed by atoms with van der Waals surface area (Å²) in [4.78, 5) is 10.1. The van der Waals surface area contributed by atoms with E-state index in [1.165, 1.54) is 12.1 Å². The van der Waals surface area contributed by atoms with E-state index in [9.17, 15) is 18.5 Å². The molecule has 0 radical (unpaired) electrons. The molecule has 0 aromatic heterocycles. The third-order valence-electron chi connectivity index (χ3n) is 3.23. The average Bonchev–Trinajstić information content (AvgIpc) is 2.69. The molecule has 0 amide bonds. The number of nitro benzene ring substituents is 1. The summed E-state index contributed by atoms with van der Waals surface area (Å²) in [6, 6.07) is 6.46. The van der Waals surface area contributed by atoms with Crippen LogP contribution in [0.1, 0.15) is 12.0 Å². The van der Waals surface area contributed by atoms with E-state index in [4.69, 9.17) is 0 Å². The largest absolute Gasteiger partial charge is 0.313 e. The maximum absolute atomic E-state index is 11.3. The molecular formula is C12H16N2O4S. The van der Waals surface area contributed by atoms with Crippen molar-refractivity contribution >= 4 is 15.5 Å². The van der Waals surface area contributed by atoms with Crippen molar-refractivity contribution in [2.75, 3.05) is 18.1 Å². The van der Waals surface area contributed by atoms with Gasteiger partial charge < -0.3 is 5.32 Å². The summed E-state index contributed by atoms with van der Waals surface area (Å²) in [5.41, 5.74) is 1.08. The van der Waals surface area contributed by atoms with Crippen LogP contribution in [0.2, 0.25) is 0 Å². The molecule has 0 bridgehead atoms. The van der Waals surface area contributed by atoms with Crippen LogP contribution < -0.4 is 5.32 Å². The van der Waals surface area contributed by atoms with Gasteiger partial charge in [0, 0.05) is 18.2 Å². The maximum atomic E-state index is 11.3. The topological polar surface area (TPSA) is 89.3 Å². The summed E-state index contributed by atoms with van der Waals surface area (Å²) in [5, 5.41) is 13.7. The molecule has 0 aliphatic carbocycles. The number of benzene rings is 1. The van der Waals surface area contributed by atoms with Crippen LogP contribution in [0.4, 0.5) is 5.69 Å². The van der Waals surface area contributed by atoms with Gasteiger partial charge in [-0.1, -0.05) is 12.1 Å². The Morgan fingerprint density at radius 1 is 1.32 bits per heavy atom. The van der Waals surface area contributed by atoms with E-state index in [2.05, 4.69) is 5.32 Å². The summed E-state index contributed by atoms with van der Waals surface area (Å²) in [7, 11) is -2.84. The molecule has 1 aliphatic rings. The molecule has 19 heavy (non-hydrogen) atoms. The molecule has 2 rings (SSSR count). The minimum atomic E-state index is -2.84. The number of rotatable bonds is 5. The molecule has 0 saturated carbocycles. The summed E-state index contributed by atoms with van der Waals surface area (Å²) in [5.74, 6) is 0.482. The molecule has 0 spiro atoms. The minimum absolute atomic E-state index is 0.0445. The Kier molecular flexibility index (Phi) is 4.16. The summed E-state index contributed by atoms with van der Waals surface area (Å²) in [6.45, 7) is 0.679. The molecule has 1 saturated heterocycles. The summed E-state index contributed by atoms with van der Waals surface area (Å²) in [6.07, 6.45) is 1.40. The second-order valence-electron chi connectivity index (χ2n) is 4.73. The molecule has 1 aromatic rings. The smallest absolute Gasteiger partial charge is 0.269 e. The van der Waals surface area contributed by atoms with Gasteiger partial charge in [-0.3, -0.25) is 10.1 Å². The van der Waals surface area contributed by atoms with E-state index in [-0.39, 0.29) is 23.2 Å². The predicted octanol–water partition coefficient (Wildman–Crippen LogP) is 0.914. The first-order chi connectivity index (χ1) is 8.96. The van der Waals surface area contributed by atoms with Crippen LogP contribution in [0, 0.1) is 10.1 Å². The molecular weight excluding hydrogens is 268 g/mol. The van der Waals surface area contributed by atoms with Crippen molar-refractivity contribution in [3.05, 3.63) is 39.9 Å². The standard InChI is InChI=1S/C12H16N2O4S/c15-14(16)12-3-1-10(2-4-12)5-7-13-11-6-8-19(17,18)9-11/h1-4,11,13H,5-9H2. The molecule has 1 unspecified atom stereocenters. The van der Waals surface area contributed by atoms with Gasteiger partial charge in [0.05, 0.1) is 16.4 Å². The van der Waals surface area contributed by atoms with Gasteiger partial charge in [0.15, 0.2) is 9.84 Å². The summed E-state index contributed by atoms with van der Waals surface area (Å²) >= 11 is 0. The Bertz CT molecular complexity index is 554. The first kappa shape index (κ1) is 14.0. The highest BCUT2D eigenvalue weighted by molar-refractivity contribution is 7.91. The molecule has 1 aromatic carbocycles. The fraction of sp³-hybridized carbons (Fsp3) is 0.500. The Balaban J connectivity index is 1.78. The molecule has 7 heteroatoms. The maximum Gasteiger partial charge on any atom is 0.269 e. The van der Waals surface area contributed by atoms with E-state index in [1.54, 1.807) is 12.1 Å². The van der Waals surface area contributed by atoms with Crippen LogP contribution in [-0.4, -0.2) is 37.4 Å². The Labute approximate surface area is 111 Å². The molecule has 6 nitrogen and oxygen atoms in total. The number of nitro groups is 1. The number of nitrogens with one attached hydrogen (secondary N) is 1. The Hall–Kier alpha value is -1.47. The second kappa shape index (κ2) is 5.66. The lowest BCUT2D eigenvalue weighted by Gasteiger charge is -2.10. The van der Waals surface area contributed by atoms with Crippen molar-refractivity contribution in [2.24, 2.45) is 0 Å². The van der Waals surface area contributed by atoms with E-state index < -0.39 is 14.8 Å². The third-order valence-corrected chi connectivity index (χ3v) is 4.99. The van der Waals surface area contributed by atoms with Crippen molar-refractivity contribution in [3.8, 4) is 0 Å². The summed E-state index contributed by atoms with van der Waals surface area (Å²) < 4.78 is 22.5. The highest BCUT2D eigenvalue weighted by Crippen LogP contribution is 2.13. The van der Waals surface area contributed by atoms with Gasteiger partial charge in [-0.2, -0.15) is 0 Å². The van der Waals surface area contributed by atoms with Gasteiger partial charge in [-0.05, 0) is 24.9 Å². The van der Waals surface area contributed by atoms with Crippen molar-refractivity contribution < 1.29 is 13.3 Å². The lowest BCUT2D eigenvalue weighted by atomic mass is 10.1. The number of sulfone groups is 1. The van der Waals surface area contributed by atoms with Crippen molar-refractivity contribution in [1.82, 2.24) is 5.32 Å². The van der Waals surface area contributed by atoms with Crippen LogP contribution in [0.25, 0.3) is 0 Å². The normalized spacial score (nSPS) is 21.4. The van der Waals surface area contributed by atoms with Gasteiger partial charge in [0.1, 0.15) is 0 Å². The number of non-ortho nitro benzene ring substituents is 1. The molecule has 1 fully saturated rings. The molecule has 1 aliphatic heterocycles. The minimum Gasteiger partial charge on any atom is -0.313 e. The second-order valence-corrected chi connectivity index (χ2v) is 6.96. The average molecular weight is 284 g/mol. The number of hydrogen-bond acceptors (Lipinski definition) is 5. The van der Waals surface area contributed by atoms with Crippen molar-refractivity contribution in [3.63, 3.8) is 0 Å². The van der Waals surface area contributed by atoms with E-state index in [0.29, 0.717) is 13.0 Å². The number of nitrogens with zero attached hydrogens (tertiary/aromatic N) is 1. The van der Waals surface area contributed by atoms with E-state index >= 15 is 0 Å². The van der Waals surface area contributed by atoms with Gasteiger partial charge in [0.25, 0.3) is 5.69 Å². The van der Waals surface area contributed by atoms with Crippen molar-refractivity contribution in [2.45, 2.75) is 18.9 Å². The molecule has 104 valence electrons. The lowest BCUT2D eigenvalue weighted by Crippen LogP contribution is -2.31. The zero-order valence-electron chi connectivity index (χ0n) is 10.4. The molecule has 1 heterocycles. The first-order valence-electron chi connectivity index (χ1n) is 6.13. The van der Waals surface area contributed by atoms with Crippen LogP contribution in [-0.2, 0) is 16.3 Å². The zero-order valence-corrected chi connectivity index (χ0v) is 11.2. The third kappa shape index (κ3) is 4.00. The number of hydrogen-bond donors (Lipinski definition) is 1. The van der Waals surface area contributed by atoms with E-state index in [1.807, 2.05) is 0 Å². The predicted molar refractivity (Wildman–Crippen MR) is 71.9 cm³/mol. The van der Waals surface area contributed by atoms with Crippen molar-refractivity contribution in [1.29, 1.82) is 0 Å². The van der Waals surface area contributed by atoms with Gasteiger partial charge >= 0.3 is 0 Å². The quantitative estimate of drug-likeness (QED) is 0.641. The monoisotopic (exact) mass is 284 g/mol. The lowest BCUT2D eigenvalue weighted by molar-refractivity contribution is -0.384. The van der Waals surface area contributed by atoms with Gasteiger partial charge in [-0.25, -0.2) is 8.42 Å². The van der Waals surface area contributed by atoms with Crippen LogP contribution >= 0.6 is 0 Å². The van der Waals surface area contributed by atoms with Crippen LogP contribution in [0.5, 0.6) is 0 Å². The SMILES string of the molecule is O=[N+]([O-])c1ccc(CCNC2CCS(=O)(=O)C2)cc1. The van der Waals surface area contributed by atoms with E-state index in [0.717, 1.165) is 12.0 Å². The fourth-order valence-corrected chi connectivity index (χ4v) is 3.87.